The van der Waals surface area contributed by atoms with Crippen molar-refractivity contribution in [3.8, 4) is 0 Å². The van der Waals surface area contributed by atoms with Crippen LogP contribution < -0.4 is 5.32 Å². The lowest BCUT2D eigenvalue weighted by Gasteiger charge is -2.43. The number of methoxy groups -OCH3 is 1. The van der Waals surface area contributed by atoms with Gasteiger partial charge in [-0.3, -0.25) is 14.9 Å². The number of aryl methyl sites for hydroxylation is 1. The van der Waals surface area contributed by atoms with Gasteiger partial charge >= 0.3 is 0 Å². The van der Waals surface area contributed by atoms with Crippen LogP contribution in [0.4, 0.5) is 0 Å². The van der Waals surface area contributed by atoms with Crippen LogP contribution in [0.25, 0.3) is 0 Å². The van der Waals surface area contributed by atoms with Gasteiger partial charge in [-0.1, -0.05) is 31.2 Å². The van der Waals surface area contributed by atoms with E-state index in [0.717, 1.165) is 11.1 Å². The summed E-state index contributed by atoms with van der Waals surface area (Å²) in [5.74, 6) is -0.843. The zero-order valence-electron chi connectivity index (χ0n) is 12.4. The van der Waals surface area contributed by atoms with Crippen LogP contribution in [-0.2, 0) is 14.3 Å². The minimum absolute atomic E-state index is 0.192. The van der Waals surface area contributed by atoms with E-state index in [1.54, 1.807) is 7.11 Å². The highest BCUT2D eigenvalue weighted by molar-refractivity contribution is 6.02. The van der Waals surface area contributed by atoms with Gasteiger partial charge in [0.1, 0.15) is 0 Å². The third kappa shape index (κ3) is 2.36. The maximum Gasteiger partial charge on any atom is 0.234 e. The molecule has 1 aliphatic rings. The summed E-state index contributed by atoms with van der Waals surface area (Å²) < 4.78 is 5.45. The molecule has 0 radical (unpaired) electrons. The van der Waals surface area contributed by atoms with Gasteiger partial charge in [0, 0.05) is 18.9 Å². The predicted octanol–water partition coefficient (Wildman–Crippen LogP) is 2.17. The number of ether oxygens (including phenoxy) is 1. The molecule has 1 N–H and O–H groups in total. The van der Waals surface area contributed by atoms with Crippen molar-refractivity contribution >= 4 is 11.8 Å². The van der Waals surface area contributed by atoms with E-state index in [1.165, 1.54) is 0 Å². The number of benzene rings is 1. The molecule has 0 bridgehead atoms. The Hall–Kier alpha value is -1.68. The van der Waals surface area contributed by atoms with Gasteiger partial charge in [-0.05, 0) is 25.0 Å². The summed E-state index contributed by atoms with van der Waals surface area (Å²) in [6.07, 6.45) is 0.0920. The molecule has 2 amide bonds. The van der Waals surface area contributed by atoms with Crippen LogP contribution in [0.2, 0.25) is 0 Å². The SMILES string of the molecule is COC(C)C1(C)CC(=O)NC(=O)C1c1ccccc1C. The van der Waals surface area contributed by atoms with Crippen LogP contribution >= 0.6 is 0 Å². The minimum atomic E-state index is -0.541. The second-order valence-electron chi connectivity index (χ2n) is 5.76. The molecule has 4 nitrogen and oxygen atoms in total. The zero-order chi connectivity index (χ0) is 14.9. The third-order valence-electron chi connectivity index (χ3n) is 4.51. The van der Waals surface area contributed by atoms with Gasteiger partial charge in [0.2, 0.25) is 11.8 Å². The van der Waals surface area contributed by atoms with Gasteiger partial charge < -0.3 is 4.74 Å². The Balaban J connectivity index is 2.53. The Bertz CT molecular complexity index is 540. The Morgan fingerprint density at radius 1 is 1.35 bits per heavy atom. The van der Waals surface area contributed by atoms with Crippen molar-refractivity contribution in [3.05, 3.63) is 35.4 Å². The first-order valence-electron chi connectivity index (χ1n) is 6.82. The summed E-state index contributed by atoms with van der Waals surface area (Å²) in [5, 5.41) is 2.46. The van der Waals surface area contributed by atoms with Gasteiger partial charge in [-0.25, -0.2) is 0 Å². The molecule has 0 aromatic heterocycles. The maximum absolute atomic E-state index is 12.4. The third-order valence-corrected chi connectivity index (χ3v) is 4.51. The molecule has 2 rings (SSSR count). The number of rotatable bonds is 3. The van der Waals surface area contributed by atoms with E-state index in [2.05, 4.69) is 5.32 Å². The van der Waals surface area contributed by atoms with Crippen LogP contribution in [-0.4, -0.2) is 25.0 Å². The molecule has 4 heteroatoms. The highest BCUT2D eigenvalue weighted by atomic mass is 16.5. The molecule has 1 aromatic rings. The normalized spacial score (nSPS) is 28.1. The van der Waals surface area contributed by atoms with E-state index in [-0.39, 0.29) is 30.3 Å². The maximum atomic E-state index is 12.4. The number of hydrogen-bond acceptors (Lipinski definition) is 3. The summed E-state index contributed by atoms with van der Waals surface area (Å²) >= 11 is 0. The molecule has 0 aliphatic carbocycles. The molecule has 3 unspecified atom stereocenters. The molecule has 0 spiro atoms. The van der Waals surface area contributed by atoms with Crippen molar-refractivity contribution in [1.29, 1.82) is 0 Å². The van der Waals surface area contributed by atoms with E-state index in [0.29, 0.717) is 0 Å². The molecule has 1 aromatic carbocycles. The molecule has 1 heterocycles. The van der Waals surface area contributed by atoms with Gasteiger partial charge in [0.05, 0.1) is 12.0 Å². The van der Waals surface area contributed by atoms with Crippen molar-refractivity contribution in [3.63, 3.8) is 0 Å². The lowest BCUT2D eigenvalue weighted by molar-refractivity contribution is -0.144. The molecule has 1 aliphatic heterocycles. The number of carbonyl (C=O) groups is 2. The van der Waals surface area contributed by atoms with Gasteiger partial charge in [-0.2, -0.15) is 0 Å². The van der Waals surface area contributed by atoms with Gasteiger partial charge in [-0.15, -0.1) is 0 Å². The number of piperidine rings is 1. The average molecular weight is 275 g/mol. The van der Waals surface area contributed by atoms with Crippen molar-refractivity contribution in [2.75, 3.05) is 7.11 Å². The molecule has 108 valence electrons. The van der Waals surface area contributed by atoms with Gasteiger partial charge in [0.15, 0.2) is 0 Å². The number of hydrogen-bond donors (Lipinski definition) is 1. The van der Waals surface area contributed by atoms with Crippen LogP contribution in [0, 0.1) is 12.3 Å². The molecule has 3 atom stereocenters. The second kappa shape index (κ2) is 5.37. The Morgan fingerprint density at radius 3 is 2.60 bits per heavy atom. The highest BCUT2D eigenvalue weighted by Gasteiger charge is 2.49. The summed E-state index contributed by atoms with van der Waals surface area (Å²) in [6.45, 7) is 5.85. The van der Waals surface area contributed by atoms with Crippen LogP contribution in [0.5, 0.6) is 0 Å². The van der Waals surface area contributed by atoms with Crippen molar-refractivity contribution in [2.45, 2.75) is 39.2 Å². The minimum Gasteiger partial charge on any atom is -0.381 e. The van der Waals surface area contributed by atoms with E-state index in [9.17, 15) is 9.59 Å². The predicted molar refractivity (Wildman–Crippen MR) is 76.3 cm³/mol. The lowest BCUT2D eigenvalue weighted by atomic mass is 9.65. The second-order valence-corrected chi connectivity index (χ2v) is 5.76. The molecular weight excluding hydrogens is 254 g/mol. The van der Waals surface area contributed by atoms with Crippen LogP contribution in [0.15, 0.2) is 24.3 Å². The van der Waals surface area contributed by atoms with E-state index < -0.39 is 5.41 Å². The topological polar surface area (TPSA) is 55.4 Å². The van der Waals surface area contributed by atoms with E-state index in [4.69, 9.17) is 4.74 Å². The fourth-order valence-electron chi connectivity index (χ4n) is 3.06. The van der Waals surface area contributed by atoms with Gasteiger partial charge in [0.25, 0.3) is 0 Å². The molecule has 1 saturated heterocycles. The number of carbonyl (C=O) groups excluding carboxylic acids is 2. The van der Waals surface area contributed by atoms with Crippen molar-refractivity contribution < 1.29 is 14.3 Å². The highest BCUT2D eigenvalue weighted by Crippen LogP contribution is 2.45. The monoisotopic (exact) mass is 275 g/mol. The van der Waals surface area contributed by atoms with Crippen LogP contribution in [0.1, 0.15) is 37.3 Å². The first-order chi connectivity index (χ1) is 9.40. The van der Waals surface area contributed by atoms with Crippen molar-refractivity contribution in [1.82, 2.24) is 5.32 Å². The van der Waals surface area contributed by atoms with E-state index in [1.807, 2.05) is 45.0 Å². The summed E-state index contributed by atoms with van der Waals surface area (Å²) in [6, 6.07) is 7.80. The fourth-order valence-corrected chi connectivity index (χ4v) is 3.06. The molecule has 20 heavy (non-hydrogen) atoms. The Morgan fingerprint density at radius 2 is 2.00 bits per heavy atom. The quantitative estimate of drug-likeness (QED) is 0.860. The number of nitrogens with one attached hydrogen (secondary N) is 1. The lowest BCUT2D eigenvalue weighted by Crippen LogP contribution is -2.54. The largest absolute Gasteiger partial charge is 0.381 e. The van der Waals surface area contributed by atoms with E-state index >= 15 is 0 Å². The smallest absolute Gasteiger partial charge is 0.234 e. The first kappa shape index (κ1) is 14.7. The van der Waals surface area contributed by atoms with Crippen molar-refractivity contribution in [2.24, 2.45) is 5.41 Å². The average Bonchev–Trinajstić information content (AvgIpc) is 2.39. The fraction of sp³-hybridized carbons (Fsp3) is 0.500. The summed E-state index contributed by atoms with van der Waals surface area (Å²) in [5.41, 5.74) is 1.47. The zero-order valence-corrected chi connectivity index (χ0v) is 12.4. The number of amides is 2. The Kier molecular flexibility index (Phi) is 3.95. The summed E-state index contributed by atoms with van der Waals surface area (Å²) in [4.78, 5) is 24.2. The number of imide groups is 1. The Labute approximate surface area is 119 Å². The standard InChI is InChI=1S/C16H21NO3/c1-10-7-5-6-8-12(10)14-15(19)17-13(18)9-16(14,3)11(2)20-4/h5-8,11,14H,9H2,1-4H3,(H,17,18,19). The summed E-state index contributed by atoms with van der Waals surface area (Å²) in [7, 11) is 1.61. The first-order valence-corrected chi connectivity index (χ1v) is 6.82. The molecule has 1 fully saturated rings. The molecular formula is C16H21NO3. The van der Waals surface area contributed by atoms with Crippen LogP contribution in [0.3, 0.4) is 0 Å². The molecule has 0 saturated carbocycles.